The Bertz CT molecular complexity index is 1310. The van der Waals surface area contributed by atoms with E-state index >= 15 is 0 Å². The number of fused-ring (bicyclic) bond motifs is 1. The van der Waals surface area contributed by atoms with E-state index in [0.29, 0.717) is 20.6 Å². The van der Waals surface area contributed by atoms with Crippen LogP contribution in [0.2, 0.25) is 0 Å². The van der Waals surface area contributed by atoms with Crippen molar-refractivity contribution in [2.75, 3.05) is 6.61 Å². The quantitative estimate of drug-likeness (QED) is 0.534. The summed E-state index contributed by atoms with van der Waals surface area (Å²) in [6.07, 6.45) is 5.17. The summed E-state index contributed by atoms with van der Waals surface area (Å²) in [5, 5.41) is 0. The molecule has 1 aliphatic heterocycles. The predicted molar refractivity (Wildman–Crippen MR) is 119 cm³/mol. The number of halogens is 1. The summed E-state index contributed by atoms with van der Waals surface area (Å²) in [6.45, 7) is 3.77. The number of carbonyl (C=O) groups is 1. The number of benzene rings is 1. The van der Waals surface area contributed by atoms with Gasteiger partial charge in [-0.05, 0) is 49.2 Å². The van der Waals surface area contributed by atoms with Gasteiger partial charge in [-0.25, -0.2) is 9.79 Å². The number of rotatable bonds is 4. The molecule has 0 radical (unpaired) electrons. The predicted octanol–water partition coefficient (Wildman–Crippen LogP) is 2.96. The molecular weight excluding hydrogens is 466 g/mol. The van der Waals surface area contributed by atoms with Crippen molar-refractivity contribution in [1.29, 1.82) is 0 Å². The molecule has 152 valence electrons. The van der Waals surface area contributed by atoms with Crippen LogP contribution in [0.5, 0.6) is 0 Å². The van der Waals surface area contributed by atoms with Crippen LogP contribution >= 0.6 is 27.3 Å². The van der Waals surface area contributed by atoms with Crippen LogP contribution in [0.25, 0.3) is 6.08 Å². The average Bonchev–Trinajstić information content (AvgIpc) is 3.03. The van der Waals surface area contributed by atoms with Gasteiger partial charge in [0.15, 0.2) is 4.80 Å². The summed E-state index contributed by atoms with van der Waals surface area (Å²) in [5.74, 6) is -0.465. The molecule has 3 heterocycles. The van der Waals surface area contributed by atoms with E-state index in [1.165, 1.54) is 11.3 Å². The van der Waals surface area contributed by atoms with Gasteiger partial charge in [0.05, 0.1) is 28.5 Å². The lowest BCUT2D eigenvalue weighted by Gasteiger charge is -2.24. The standard InChI is InChI=1S/C22H18BrN3O3S/c1-3-29-21(28)18-13(2)25-22-26(19(18)15-6-8-16(23)9-7-15)20(27)17(30-22)11-14-5-4-10-24-12-14/h4-12,19H,3H2,1-2H3. The van der Waals surface area contributed by atoms with Crippen LogP contribution in [0.3, 0.4) is 0 Å². The molecule has 0 amide bonds. The molecule has 0 aliphatic carbocycles. The number of thiazole rings is 1. The summed E-state index contributed by atoms with van der Waals surface area (Å²) >= 11 is 4.73. The van der Waals surface area contributed by atoms with Crippen LogP contribution in [0.4, 0.5) is 0 Å². The molecule has 0 saturated carbocycles. The molecule has 1 aliphatic rings. The number of nitrogens with zero attached hydrogens (tertiary/aromatic N) is 3. The van der Waals surface area contributed by atoms with Gasteiger partial charge in [-0.3, -0.25) is 14.3 Å². The molecule has 0 bridgehead atoms. The minimum atomic E-state index is -0.607. The van der Waals surface area contributed by atoms with Crippen molar-refractivity contribution in [2.24, 2.45) is 4.99 Å². The molecule has 0 saturated heterocycles. The molecule has 30 heavy (non-hydrogen) atoms. The zero-order chi connectivity index (χ0) is 21.3. The van der Waals surface area contributed by atoms with E-state index < -0.39 is 12.0 Å². The van der Waals surface area contributed by atoms with Crippen molar-refractivity contribution >= 4 is 39.3 Å². The van der Waals surface area contributed by atoms with Crippen LogP contribution in [0.1, 0.15) is 31.0 Å². The van der Waals surface area contributed by atoms with Gasteiger partial charge in [-0.2, -0.15) is 0 Å². The van der Waals surface area contributed by atoms with Gasteiger partial charge in [0.25, 0.3) is 5.56 Å². The molecule has 4 rings (SSSR count). The highest BCUT2D eigenvalue weighted by molar-refractivity contribution is 9.10. The second-order valence-electron chi connectivity index (χ2n) is 6.64. The first kappa shape index (κ1) is 20.4. The molecule has 0 N–H and O–H groups in total. The Morgan fingerprint density at radius 2 is 2.07 bits per heavy atom. The number of esters is 1. The maximum absolute atomic E-state index is 13.4. The van der Waals surface area contributed by atoms with Crippen LogP contribution in [0, 0.1) is 0 Å². The van der Waals surface area contributed by atoms with Crippen LogP contribution in [-0.4, -0.2) is 22.1 Å². The van der Waals surface area contributed by atoms with Crippen molar-refractivity contribution in [1.82, 2.24) is 9.55 Å². The first-order valence-corrected chi connectivity index (χ1v) is 11.0. The molecule has 1 unspecified atom stereocenters. The first-order valence-electron chi connectivity index (χ1n) is 9.34. The van der Waals surface area contributed by atoms with Crippen molar-refractivity contribution in [3.63, 3.8) is 0 Å². The SMILES string of the molecule is CCOC(=O)C1=C(C)N=c2sc(=Cc3cccnc3)c(=O)n2C1c1ccc(Br)cc1. The third kappa shape index (κ3) is 3.80. The van der Waals surface area contributed by atoms with Crippen molar-refractivity contribution in [3.05, 3.63) is 95.3 Å². The Balaban J connectivity index is 1.96. The lowest BCUT2D eigenvalue weighted by atomic mass is 9.96. The molecule has 3 aromatic rings. The number of hydrogen-bond donors (Lipinski definition) is 0. The Morgan fingerprint density at radius 3 is 2.73 bits per heavy atom. The third-order valence-corrected chi connectivity index (χ3v) is 6.20. The summed E-state index contributed by atoms with van der Waals surface area (Å²) in [6, 6.07) is 10.7. The molecule has 2 aromatic heterocycles. The normalized spacial score (nSPS) is 16.2. The first-order chi connectivity index (χ1) is 14.5. The van der Waals surface area contributed by atoms with E-state index in [1.807, 2.05) is 36.4 Å². The van der Waals surface area contributed by atoms with Crippen LogP contribution < -0.4 is 14.9 Å². The van der Waals surface area contributed by atoms with Gasteiger partial charge >= 0.3 is 5.97 Å². The minimum absolute atomic E-state index is 0.204. The third-order valence-electron chi connectivity index (χ3n) is 4.68. The van der Waals surface area contributed by atoms with Gasteiger partial charge in [-0.15, -0.1) is 0 Å². The number of allylic oxidation sites excluding steroid dienone is 1. The van der Waals surface area contributed by atoms with Crippen molar-refractivity contribution in [2.45, 2.75) is 19.9 Å². The highest BCUT2D eigenvalue weighted by Gasteiger charge is 2.33. The number of pyridine rings is 1. The minimum Gasteiger partial charge on any atom is -0.463 e. The largest absolute Gasteiger partial charge is 0.463 e. The van der Waals surface area contributed by atoms with Gasteiger partial charge in [-0.1, -0.05) is 45.5 Å². The average molecular weight is 484 g/mol. The molecule has 0 spiro atoms. The lowest BCUT2D eigenvalue weighted by Crippen LogP contribution is -2.39. The Kier molecular flexibility index (Phi) is 5.78. The number of hydrogen-bond acceptors (Lipinski definition) is 6. The van der Waals surface area contributed by atoms with Gasteiger partial charge in [0.2, 0.25) is 0 Å². The highest BCUT2D eigenvalue weighted by atomic mass is 79.9. The molecule has 0 fully saturated rings. The molecule has 1 aromatic carbocycles. The molecular formula is C22H18BrN3O3S. The fourth-order valence-electron chi connectivity index (χ4n) is 3.36. The number of carbonyl (C=O) groups excluding carboxylic acids is 1. The fraction of sp³-hybridized carbons (Fsp3) is 0.182. The van der Waals surface area contributed by atoms with Crippen LogP contribution in [-0.2, 0) is 9.53 Å². The van der Waals surface area contributed by atoms with E-state index in [2.05, 4.69) is 25.9 Å². The summed E-state index contributed by atoms with van der Waals surface area (Å²) < 4.78 is 8.31. The summed E-state index contributed by atoms with van der Waals surface area (Å²) in [4.78, 5) is 35.4. The fourth-order valence-corrected chi connectivity index (χ4v) is 4.68. The van der Waals surface area contributed by atoms with Gasteiger partial charge < -0.3 is 4.74 Å². The van der Waals surface area contributed by atoms with E-state index in [4.69, 9.17) is 4.74 Å². The van der Waals surface area contributed by atoms with Crippen molar-refractivity contribution in [3.8, 4) is 0 Å². The Morgan fingerprint density at radius 1 is 1.30 bits per heavy atom. The monoisotopic (exact) mass is 483 g/mol. The summed E-state index contributed by atoms with van der Waals surface area (Å²) in [5.41, 5.74) is 2.36. The second-order valence-corrected chi connectivity index (χ2v) is 8.56. The van der Waals surface area contributed by atoms with E-state index in [9.17, 15) is 9.59 Å². The smallest absolute Gasteiger partial charge is 0.338 e. The van der Waals surface area contributed by atoms with E-state index in [1.54, 1.807) is 36.9 Å². The second kappa shape index (κ2) is 8.49. The maximum atomic E-state index is 13.4. The summed E-state index contributed by atoms with van der Waals surface area (Å²) in [7, 11) is 0. The topological polar surface area (TPSA) is 73.6 Å². The van der Waals surface area contributed by atoms with Crippen molar-refractivity contribution < 1.29 is 9.53 Å². The Labute approximate surface area is 185 Å². The van der Waals surface area contributed by atoms with Gasteiger partial charge in [0, 0.05) is 16.9 Å². The molecule has 8 heteroatoms. The van der Waals surface area contributed by atoms with E-state index in [0.717, 1.165) is 15.6 Å². The van der Waals surface area contributed by atoms with Gasteiger partial charge in [0.1, 0.15) is 0 Å². The molecule has 1 atom stereocenters. The van der Waals surface area contributed by atoms with Crippen LogP contribution in [0.15, 0.2) is 74.3 Å². The zero-order valence-electron chi connectivity index (χ0n) is 16.3. The number of ether oxygens (including phenoxy) is 1. The number of aromatic nitrogens is 2. The maximum Gasteiger partial charge on any atom is 0.338 e. The lowest BCUT2D eigenvalue weighted by molar-refractivity contribution is -0.139. The zero-order valence-corrected chi connectivity index (χ0v) is 18.7. The van der Waals surface area contributed by atoms with E-state index in [-0.39, 0.29) is 12.2 Å². The highest BCUT2D eigenvalue weighted by Crippen LogP contribution is 2.31. The molecule has 6 nitrogen and oxygen atoms in total. The Hall–Kier alpha value is -2.84.